The van der Waals surface area contributed by atoms with Gasteiger partial charge in [-0.25, -0.2) is 4.39 Å². The fourth-order valence-corrected chi connectivity index (χ4v) is 3.90. The van der Waals surface area contributed by atoms with Crippen molar-refractivity contribution in [3.63, 3.8) is 0 Å². The molecule has 126 valence electrons. The maximum atomic E-state index is 13.6. The van der Waals surface area contributed by atoms with Crippen molar-refractivity contribution in [3.8, 4) is 5.75 Å². The highest BCUT2D eigenvalue weighted by Gasteiger charge is 2.13. The first-order valence-corrected chi connectivity index (χ1v) is 8.84. The van der Waals surface area contributed by atoms with Gasteiger partial charge in [0, 0.05) is 16.7 Å². The van der Waals surface area contributed by atoms with Gasteiger partial charge in [-0.05, 0) is 42.8 Å². The van der Waals surface area contributed by atoms with Crippen LogP contribution in [-0.2, 0) is 5.75 Å². The van der Waals surface area contributed by atoms with Gasteiger partial charge >= 0.3 is 0 Å². The van der Waals surface area contributed by atoms with Crippen LogP contribution in [0.25, 0.3) is 16.6 Å². The van der Waals surface area contributed by atoms with Crippen molar-refractivity contribution in [2.45, 2.75) is 17.8 Å². The van der Waals surface area contributed by atoms with Gasteiger partial charge in [0.2, 0.25) is 0 Å². The first-order valence-electron chi connectivity index (χ1n) is 7.86. The zero-order valence-electron chi connectivity index (χ0n) is 13.9. The molecule has 0 N–H and O–H groups in total. The second-order valence-corrected chi connectivity index (χ2v) is 6.71. The summed E-state index contributed by atoms with van der Waals surface area (Å²) in [6.45, 7) is 2.07. The van der Waals surface area contributed by atoms with Crippen LogP contribution in [0.15, 0.2) is 53.7 Å². The van der Waals surface area contributed by atoms with Gasteiger partial charge < -0.3 is 4.74 Å². The van der Waals surface area contributed by atoms with Crippen molar-refractivity contribution >= 4 is 28.3 Å². The van der Waals surface area contributed by atoms with Crippen molar-refractivity contribution in [2.24, 2.45) is 0 Å². The second kappa shape index (κ2) is 6.37. The number of aryl methyl sites for hydroxylation is 1. The fourth-order valence-electron chi connectivity index (χ4n) is 2.97. The van der Waals surface area contributed by atoms with E-state index in [0.717, 1.165) is 21.9 Å². The van der Waals surface area contributed by atoms with Gasteiger partial charge in [0.1, 0.15) is 11.6 Å². The molecule has 0 saturated heterocycles. The minimum atomic E-state index is -0.274. The molecular formula is C19H16FN3OS. The number of halogens is 1. The first-order chi connectivity index (χ1) is 12.2. The first kappa shape index (κ1) is 15.9. The maximum absolute atomic E-state index is 13.6. The Morgan fingerprint density at radius 3 is 2.80 bits per heavy atom. The van der Waals surface area contributed by atoms with Gasteiger partial charge in [-0.1, -0.05) is 30.0 Å². The predicted molar refractivity (Wildman–Crippen MR) is 97.7 cm³/mol. The number of aromatic nitrogens is 3. The number of hydrogen-bond donors (Lipinski definition) is 0. The molecule has 0 unspecified atom stereocenters. The molecule has 0 atom stereocenters. The van der Waals surface area contributed by atoms with Crippen LogP contribution in [0.5, 0.6) is 5.75 Å². The number of benzene rings is 2. The summed E-state index contributed by atoms with van der Waals surface area (Å²) in [5, 5.41) is 10.6. The van der Waals surface area contributed by atoms with Crippen LogP contribution >= 0.6 is 11.8 Å². The Morgan fingerprint density at radius 1 is 1.12 bits per heavy atom. The van der Waals surface area contributed by atoms with Gasteiger partial charge in [0.05, 0.1) is 12.6 Å². The Hall–Kier alpha value is -2.60. The van der Waals surface area contributed by atoms with E-state index >= 15 is 0 Å². The molecule has 0 aliphatic heterocycles. The number of para-hydroxylation sites is 1. The van der Waals surface area contributed by atoms with Crippen LogP contribution in [0.1, 0.15) is 11.1 Å². The predicted octanol–water partition coefficient (Wildman–Crippen LogP) is 4.63. The molecule has 2 aromatic heterocycles. The molecule has 0 aliphatic carbocycles. The molecule has 2 heterocycles. The third-order valence-corrected chi connectivity index (χ3v) is 5.15. The van der Waals surface area contributed by atoms with Gasteiger partial charge in [-0.2, -0.15) is 0 Å². The zero-order valence-corrected chi connectivity index (χ0v) is 14.7. The van der Waals surface area contributed by atoms with Crippen molar-refractivity contribution < 1.29 is 9.13 Å². The summed E-state index contributed by atoms with van der Waals surface area (Å²) in [5.74, 6) is 0.941. The van der Waals surface area contributed by atoms with E-state index in [-0.39, 0.29) is 5.82 Å². The quantitative estimate of drug-likeness (QED) is 0.502. The topological polar surface area (TPSA) is 39.4 Å². The number of ether oxygens (including phenoxy) is 1. The van der Waals surface area contributed by atoms with Gasteiger partial charge in [-0.3, -0.25) is 4.40 Å². The van der Waals surface area contributed by atoms with Crippen LogP contribution < -0.4 is 4.74 Å². The number of thioether (sulfide) groups is 1. The minimum absolute atomic E-state index is 0.274. The van der Waals surface area contributed by atoms with E-state index in [4.69, 9.17) is 4.74 Å². The van der Waals surface area contributed by atoms with E-state index in [1.54, 1.807) is 13.2 Å². The van der Waals surface area contributed by atoms with Crippen molar-refractivity contribution in [2.75, 3.05) is 7.11 Å². The Labute approximate surface area is 148 Å². The van der Waals surface area contributed by atoms with E-state index in [0.29, 0.717) is 11.5 Å². The highest BCUT2D eigenvalue weighted by molar-refractivity contribution is 7.98. The maximum Gasteiger partial charge on any atom is 0.196 e. The van der Waals surface area contributed by atoms with Gasteiger partial charge in [-0.15, -0.1) is 10.2 Å². The minimum Gasteiger partial charge on any atom is -0.496 e. The summed E-state index contributed by atoms with van der Waals surface area (Å²) in [6, 6.07) is 14.8. The lowest BCUT2D eigenvalue weighted by Gasteiger charge is -2.09. The smallest absolute Gasteiger partial charge is 0.196 e. The molecule has 4 aromatic rings. The Morgan fingerprint density at radius 2 is 1.96 bits per heavy atom. The lowest BCUT2D eigenvalue weighted by atomic mass is 10.1. The third-order valence-electron chi connectivity index (χ3n) is 4.17. The average Bonchev–Trinajstić information content (AvgIpc) is 3.03. The molecule has 4 rings (SSSR count). The van der Waals surface area contributed by atoms with Crippen LogP contribution in [-0.4, -0.2) is 21.7 Å². The molecule has 2 aromatic carbocycles. The zero-order chi connectivity index (χ0) is 17.4. The van der Waals surface area contributed by atoms with Crippen molar-refractivity contribution in [3.05, 3.63) is 65.5 Å². The number of hydrogen-bond acceptors (Lipinski definition) is 4. The molecule has 0 bridgehead atoms. The normalized spacial score (nSPS) is 11.3. The Balaban J connectivity index is 1.76. The molecular weight excluding hydrogens is 337 g/mol. The molecule has 0 radical (unpaired) electrons. The lowest BCUT2D eigenvalue weighted by molar-refractivity contribution is 0.410. The molecule has 0 aliphatic rings. The molecule has 0 saturated carbocycles. The highest BCUT2D eigenvalue weighted by atomic mass is 32.2. The number of rotatable bonds is 4. The SMILES string of the molecule is COc1ccc(F)cc1CSc1nnc2cc(C)c3ccccc3n12. The van der Waals surface area contributed by atoms with E-state index in [1.165, 1.54) is 34.8 Å². The highest BCUT2D eigenvalue weighted by Crippen LogP contribution is 2.30. The summed E-state index contributed by atoms with van der Waals surface area (Å²) >= 11 is 1.51. The third kappa shape index (κ3) is 2.82. The summed E-state index contributed by atoms with van der Waals surface area (Å²) in [6.07, 6.45) is 0. The van der Waals surface area contributed by atoms with Crippen molar-refractivity contribution in [1.29, 1.82) is 0 Å². The molecule has 4 nitrogen and oxygen atoms in total. The van der Waals surface area contributed by atoms with Crippen molar-refractivity contribution in [1.82, 2.24) is 14.6 Å². The Kier molecular flexibility index (Phi) is 4.05. The molecule has 0 amide bonds. The standard InChI is InChI=1S/C19H16FN3OS/c1-12-9-18-21-22-19(23(18)16-6-4-3-5-15(12)16)25-11-13-10-14(20)7-8-17(13)24-2/h3-10H,11H2,1-2H3. The van der Waals surface area contributed by atoms with Crippen LogP contribution in [0, 0.1) is 12.7 Å². The lowest BCUT2D eigenvalue weighted by Crippen LogP contribution is -1.95. The summed E-state index contributed by atoms with van der Waals surface area (Å²) in [4.78, 5) is 0. The van der Waals surface area contributed by atoms with Crippen LogP contribution in [0.3, 0.4) is 0 Å². The number of nitrogens with zero attached hydrogens (tertiary/aromatic N) is 3. The Bertz CT molecular complexity index is 1080. The van der Waals surface area contributed by atoms with E-state index in [9.17, 15) is 4.39 Å². The molecule has 6 heteroatoms. The molecule has 0 fully saturated rings. The molecule has 25 heavy (non-hydrogen) atoms. The number of fused-ring (bicyclic) bond motifs is 3. The van der Waals surface area contributed by atoms with Crippen LogP contribution in [0.4, 0.5) is 4.39 Å². The second-order valence-electron chi connectivity index (χ2n) is 5.77. The average molecular weight is 353 g/mol. The number of methoxy groups -OCH3 is 1. The summed E-state index contributed by atoms with van der Waals surface area (Å²) < 4.78 is 20.9. The molecule has 0 spiro atoms. The van der Waals surface area contributed by atoms with Crippen LogP contribution in [0.2, 0.25) is 0 Å². The largest absolute Gasteiger partial charge is 0.496 e. The van der Waals surface area contributed by atoms with E-state index < -0.39 is 0 Å². The monoisotopic (exact) mass is 353 g/mol. The fraction of sp³-hybridized carbons (Fsp3) is 0.158. The van der Waals surface area contributed by atoms with E-state index in [2.05, 4.69) is 29.3 Å². The van der Waals surface area contributed by atoms with Gasteiger partial charge in [0.25, 0.3) is 0 Å². The van der Waals surface area contributed by atoms with E-state index in [1.807, 2.05) is 22.6 Å². The number of pyridine rings is 1. The van der Waals surface area contributed by atoms with Gasteiger partial charge in [0.15, 0.2) is 10.8 Å². The summed E-state index contributed by atoms with van der Waals surface area (Å²) in [5.41, 5.74) is 3.83. The summed E-state index contributed by atoms with van der Waals surface area (Å²) in [7, 11) is 1.59.